The second-order valence-corrected chi connectivity index (χ2v) is 3.20. The zero-order chi connectivity index (χ0) is 10.7. The number of aromatic nitrogens is 1. The average molecular weight is 207 g/mol. The SMILES string of the molecule is CC[n+]1ccc(C(C)=O)cc1C(C)=O.[CH3-]. The van der Waals surface area contributed by atoms with Crippen LogP contribution >= 0.6 is 0 Å². The minimum absolute atomic E-state index is 0. The summed E-state index contributed by atoms with van der Waals surface area (Å²) in [4.78, 5) is 22.4. The van der Waals surface area contributed by atoms with E-state index in [2.05, 4.69) is 0 Å². The van der Waals surface area contributed by atoms with Crippen LogP contribution in [0, 0.1) is 7.43 Å². The number of carbonyl (C=O) groups excluding carboxylic acids is 2. The van der Waals surface area contributed by atoms with Crippen LogP contribution in [-0.2, 0) is 6.54 Å². The van der Waals surface area contributed by atoms with E-state index >= 15 is 0 Å². The standard InChI is InChI=1S/C11H14NO2.CH3/c1-4-12-6-5-10(8(2)13)7-11(12)9(3)14;/h5-7H,4H2,1-3H3;1H3/q+1;-1. The zero-order valence-electron chi connectivity index (χ0n) is 9.70. The minimum Gasteiger partial charge on any atom is -0.358 e. The fourth-order valence-corrected chi connectivity index (χ4v) is 1.33. The molecule has 0 aliphatic carbocycles. The lowest BCUT2D eigenvalue weighted by molar-refractivity contribution is -0.695. The zero-order valence-corrected chi connectivity index (χ0v) is 9.70. The van der Waals surface area contributed by atoms with Gasteiger partial charge in [-0.1, -0.05) is 0 Å². The number of aryl methyl sites for hydroxylation is 1. The molecule has 15 heavy (non-hydrogen) atoms. The predicted molar refractivity (Wildman–Crippen MR) is 58.7 cm³/mol. The third-order valence-electron chi connectivity index (χ3n) is 2.14. The summed E-state index contributed by atoms with van der Waals surface area (Å²) in [7, 11) is 0. The molecule has 0 bridgehead atoms. The predicted octanol–water partition coefficient (Wildman–Crippen LogP) is 1.85. The molecule has 3 nitrogen and oxygen atoms in total. The van der Waals surface area contributed by atoms with Crippen LogP contribution in [0.3, 0.4) is 0 Å². The molecular weight excluding hydrogens is 190 g/mol. The highest BCUT2D eigenvalue weighted by Gasteiger charge is 2.15. The summed E-state index contributed by atoms with van der Waals surface area (Å²) in [6.45, 7) is 5.69. The van der Waals surface area contributed by atoms with Gasteiger partial charge in [-0.15, -0.1) is 0 Å². The minimum atomic E-state index is -0.0186. The highest BCUT2D eigenvalue weighted by molar-refractivity contribution is 5.97. The third-order valence-corrected chi connectivity index (χ3v) is 2.14. The Labute approximate surface area is 90.7 Å². The van der Waals surface area contributed by atoms with Gasteiger partial charge in [0.25, 0.3) is 0 Å². The van der Waals surface area contributed by atoms with Gasteiger partial charge in [0.2, 0.25) is 11.5 Å². The third kappa shape index (κ3) is 2.98. The second kappa shape index (κ2) is 5.39. The lowest BCUT2D eigenvalue weighted by Crippen LogP contribution is -2.38. The average Bonchev–Trinajstić information content (AvgIpc) is 2.16. The summed E-state index contributed by atoms with van der Waals surface area (Å²) in [5, 5.41) is 0. The molecule has 3 heteroatoms. The van der Waals surface area contributed by atoms with Crippen molar-refractivity contribution >= 4 is 11.6 Å². The van der Waals surface area contributed by atoms with Gasteiger partial charge in [-0.3, -0.25) is 9.59 Å². The van der Waals surface area contributed by atoms with Crippen LogP contribution in [0.25, 0.3) is 0 Å². The van der Waals surface area contributed by atoms with Gasteiger partial charge in [0.1, 0.15) is 6.54 Å². The Morgan fingerprint density at radius 1 is 1.27 bits per heavy atom. The van der Waals surface area contributed by atoms with Crippen molar-refractivity contribution in [1.29, 1.82) is 0 Å². The molecule has 1 rings (SSSR count). The number of hydrogen-bond acceptors (Lipinski definition) is 2. The largest absolute Gasteiger partial charge is 0.358 e. The molecule has 1 heterocycles. The Balaban J connectivity index is 0.00000196. The molecule has 0 saturated heterocycles. The topological polar surface area (TPSA) is 38.0 Å². The van der Waals surface area contributed by atoms with E-state index in [4.69, 9.17) is 0 Å². The number of pyridine rings is 1. The van der Waals surface area contributed by atoms with E-state index in [-0.39, 0.29) is 19.0 Å². The Bertz CT molecular complexity index is 383. The molecule has 0 N–H and O–H groups in total. The normalized spacial score (nSPS) is 9.27. The molecule has 0 saturated carbocycles. The van der Waals surface area contributed by atoms with Gasteiger partial charge in [-0.2, -0.15) is 4.57 Å². The first-order chi connectivity index (χ1) is 6.56. The van der Waals surface area contributed by atoms with E-state index in [0.717, 1.165) is 6.54 Å². The van der Waals surface area contributed by atoms with Crippen molar-refractivity contribution in [2.75, 3.05) is 0 Å². The molecule has 0 amide bonds. The van der Waals surface area contributed by atoms with Crippen LogP contribution in [-0.4, -0.2) is 11.6 Å². The Kier molecular flexibility index (Phi) is 4.85. The maximum absolute atomic E-state index is 11.3. The van der Waals surface area contributed by atoms with E-state index < -0.39 is 0 Å². The van der Waals surface area contributed by atoms with E-state index in [1.54, 1.807) is 18.3 Å². The first kappa shape index (κ1) is 13.5. The first-order valence-electron chi connectivity index (χ1n) is 4.61. The summed E-state index contributed by atoms with van der Waals surface area (Å²) in [6, 6.07) is 3.38. The number of ketones is 2. The molecule has 1 aromatic rings. The summed E-state index contributed by atoms with van der Waals surface area (Å²) in [5.41, 5.74) is 1.17. The molecule has 1 aromatic heterocycles. The molecule has 0 aliphatic heterocycles. The summed E-state index contributed by atoms with van der Waals surface area (Å²) in [6.07, 6.45) is 1.77. The van der Waals surface area contributed by atoms with E-state index in [1.807, 2.05) is 11.5 Å². The second-order valence-electron chi connectivity index (χ2n) is 3.20. The summed E-state index contributed by atoms with van der Waals surface area (Å²) >= 11 is 0. The lowest BCUT2D eigenvalue weighted by atomic mass is 10.1. The fraction of sp³-hybridized carbons (Fsp3) is 0.333. The number of hydrogen-bond donors (Lipinski definition) is 0. The highest BCUT2D eigenvalue weighted by atomic mass is 16.1. The Morgan fingerprint density at radius 3 is 2.27 bits per heavy atom. The molecule has 0 fully saturated rings. The Morgan fingerprint density at radius 2 is 1.87 bits per heavy atom. The van der Waals surface area contributed by atoms with Gasteiger partial charge >= 0.3 is 0 Å². The fourth-order valence-electron chi connectivity index (χ4n) is 1.33. The molecule has 0 unspecified atom stereocenters. The number of carbonyl (C=O) groups is 2. The quantitative estimate of drug-likeness (QED) is 0.431. The molecule has 82 valence electrons. The molecular formula is C12H17NO2. The maximum Gasteiger partial charge on any atom is 0.249 e. The van der Waals surface area contributed by atoms with Crippen molar-refractivity contribution in [3.63, 3.8) is 0 Å². The van der Waals surface area contributed by atoms with Crippen molar-refractivity contribution in [1.82, 2.24) is 0 Å². The summed E-state index contributed by atoms with van der Waals surface area (Å²) < 4.78 is 1.83. The monoisotopic (exact) mass is 207 g/mol. The van der Waals surface area contributed by atoms with Crippen molar-refractivity contribution in [2.24, 2.45) is 0 Å². The molecule has 0 radical (unpaired) electrons. The van der Waals surface area contributed by atoms with Crippen molar-refractivity contribution in [3.05, 3.63) is 37.0 Å². The van der Waals surface area contributed by atoms with E-state index in [1.165, 1.54) is 13.8 Å². The van der Waals surface area contributed by atoms with Crippen LogP contribution in [0.1, 0.15) is 41.6 Å². The van der Waals surface area contributed by atoms with Crippen molar-refractivity contribution < 1.29 is 14.2 Å². The van der Waals surface area contributed by atoms with Crippen molar-refractivity contribution in [2.45, 2.75) is 27.3 Å². The molecule has 0 aliphatic rings. The van der Waals surface area contributed by atoms with Crippen LogP contribution in [0.4, 0.5) is 0 Å². The van der Waals surface area contributed by atoms with Gasteiger partial charge in [-0.25, -0.2) is 0 Å². The van der Waals surface area contributed by atoms with Crippen LogP contribution in [0.5, 0.6) is 0 Å². The Hall–Kier alpha value is -1.51. The van der Waals surface area contributed by atoms with Crippen molar-refractivity contribution in [3.8, 4) is 0 Å². The molecule has 0 spiro atoms. The van der Waals surface area contributed by atoms with Gasteiger partial charge in [-0.05, 0) is 13.8 Å². The van der Waals surface area contributed by atoms with Crippen LogP contribution in [0.2, 0.25) is 0 Å². The highest BCUT2D eigenvalue weighted by Crippen LogP contribution is 2.02. The molecule has 0 atom stereocenters. The first-order valence-corrected chi connectivity index (χ1v) is 4.61. The smallest absolute Gasteiger partial charge is 0.249 e. The van der Waals surface area contributed by atoms with Gasteiger partial charge in [0.15, 0.2) is 12.0 Å². The number of rotatable bonds is 3. The van der Waals surface area contributed by atoms with Gasteiger partial charge < -0.3 is 7.43 Å². The van der Waals surface area contributed by atoms with Gasteiger partial charge in [0, 0.05) is 24.6 Å². The number of nitrogens with zero attached hydrogens (tertiary/aromatic N) is 1. The summed E-state index contributed by atoms with van der Waals surface area (Å²) in [5.74, 6) is -0.0364. The van der Waals surface area contributed by atoms with Crippen LogP contribution in [0.15, 0.2) is 18.3 Å². The van der Waals surface area contributed by atoms with Gasteiger partial charge in [0.05, 0.1) is 0 Å². The maximum atomic E-state index is 11.3. The number of Topliss-reactive ketones (excluding diaryl/α,β-unsaturated/α-hetero) is 2. The molecule has 0 aromatic carbocycles. The van der Waals surface area contributed by atoms with E-state index in [9.17, 15) is 9.59 Å². The van der Waals surface area contributed by atoms with Crippen LogP contribution < -0.4 is 4.57 Å². The lowest BCUT2D eigenvalue weighted by Gasteiger charge is -2.00. The van der Waals surface area contributed by atoms with E-state index in [0.29, 0.717) is 11.3 Å².